The Bertz CT molecular complexity index is 1130. The number of carbonyl (C=O) groups is 1. The third-order valence-electron chi connectivity index (χ3n) is 4.54. The van der Waals surface area contributed by atoms with Gasteiger partial charge in [0.05, 0.1) is 11.4 Å². The van der Waals surface area contributed by atoms with Gasteiger partial charge in [0, 0.05) is 16.1 Å². The molecule has 28 heavy (non-hydrogen) atoms. The van der Waals surface area contributed by atoms with Gasteiger partial charge >= 0.3 is 5.97 Å². The average molecular weight is 389 g/mol. The lowest BCUT2D eigenvalue weighted by Crippen LogP contribution is -2.03. The lowest BCUT2D eigenvalue weighted by Gasteiger charge is -2.09. The number of carboxylic acids is 1. The highest BCUT2D eigenvalue weighted by Crippen LogP contribution is 2.34. The number of aromatic nitrogens is 2. The molecule has 4 nitrogen and oxygen atoms in total. The van der Waals surface area contributed by atoms with E-state index in [2.05, 4.69) is 0 Å². The van der Waals surface area contributed by atoms with Gasteiger partial charge in [-0.2, -0.15) is 5.10 Å². The quantitative estimate of drug-likeness (QED) is 0.476. The molecular formula is C23H17ClN2O2. The number of carboxylic acid groups (broad SMARTS) is 1. The van der Waals surface area contributed by atoms with E-state index >= 15 is 0 Å². The van der Waals surface area contributed by atoms with Crippen molar-refractivity contribution in [3.8, 4) is 28.2 Å². The molecule has 1 heterocycles. The summed E-state index contributed by atoms with van der Waals surface area (Å²) >= 11 is 6.03. The Morgan fingerprint density at radius 3 is 2.14 bits per heavy atom. The zero-order chi connectivity index (χ0) is 19.7. The number of nitrogens with zero attached hydrogens (tertiary/aromatic N) is 2. The minimum absolute atomic E-state index is 0.171. The standard InChI is InChI=1S/C23H17ClN2O2/c1-15-7-9-16(10-8-15)21-20(23(27)28)22(17-5-3-2-4-6-17)26(25-21)19-13-11-18(24)12-14-19/h2-14H,1H3,(H,27,28). The molecule has 4 rings (SSSR count). The highest BCUT2D eigenvalue weighted by molar-refractivity contribution is 6.30. The molecule has 0 saturated heterocycles. The molecule has 0 aliphatic rings. The molecule has 0 atom stereocenters. The molecule has 0 bridgehead atoms. The van der Waals surface area contributed by atoms with E-state index in [1.54, 1.807) is 16.8 Å². The summed E-state index contributed by atoms with van der Waals surface area (Å²) in [6, 6.07) is 24.3. The minimum atomic E-state index is -1.02. The van der Waals surface area contributed by atoms with Crippen LogP contribution in [0.2, 0.25) is 5.02 Å². The van der Waals surface area contributed by atoms with E-state index in [-0.39, 0.29) is 5.56 Å². The molecule has 0 fully saturated rings. The number of benzene rings is 3. The van der Waals surface area contributed by atoms with Crippen LogP contribution in [0, 0.1) is 6.92 Å². The molecule has 0 aliphatic carbocycles. The van der Waals surface area contributed by atoms with Crippen LogP contribution in [-0.4, -0.2) is 20.9 Å². The Morgan fingerprint density at radius 1 is 0.893 bits per heavy atom. The fourth-order valence-electron chi connectivity index (χ4n) is 3.17. The second-order valence-electron chi connectivity index (χ2n) is 6.50. The first-order valence-corrected chi connectivity index (χ1v) is 9.17. The molecule has 0 amide bonds. The molecule has 0 radical (unpaired) electrons. The van der Waals surface area contributed by atoms with Crippen molar-refractivity contribution in [3.63, 3.8) is 0 Å². The van der Waals surface area contributed by atoms with Crippen molar-refractivity contribution in [2.45, 2.75) is 6.92 Å². The summed E-state index contributed by atoms with van der Waals surface area (Å²) in [6.07, 6.45) is 0. The lowest BCUT2D eigenvalue weighted by molar-refractivity contribution is 0.0698. The van der Waals surface area contributed by atoms with E-state index in [4.69, 9.17) is 16.7 Å². The first-order chi connectivity index (χ1) is 13.5. The summed E-state index contributed by atoms with van der Waals surface area (Å²) in [6.45, 7) is 1.99. The Labute approximate surface area is 167 Å². The monoisotopic (exact) mass is 388 g/mol. The number of hydrogen-bond donors (Lipinski definition) is 1. The van der Waals surface area contributed by atoms with Crippen LogP contribution in [-0.2, 0) is 0 Å². The van der Waals surface area contributed by atoms with Crippen molar-refractivity contribution in [2.24, 2.45) is 0 Å². The van der Waals surface area contributed by atoms with Crippen LogP contribution in [0.25, 0.3) is 28.2 Å². The van der Waals surface area contributed by atoms with Gasteiger partial charge in [-0.15, -0.1) is 0 Å². The number of aryl methyl sites for hydroxylation is 1. The first-order valence-electron chi connectivity index (χ1n) is 8.79. The van der Waals surface area contributed by atoms with Gasteiger partial charge in [0.25, 0.3) is 0 Å². The summed E-state index contributed by atoms with van der Waals surface area (Å²) in [5.74, 6) is -1.02. The van der Waals surface area contributed by atoms with Crippen LogP contribution in [0.3, 0.4) is 0 Å². The molecule has 1 N–H and O–H groups in total. The second kappa shape index (κ2) is 7.33. The van der Waals surface area contributed by atoms with Crippen LogP contribution in [0.15, 0.2) is 78.9 Å². The predicted molar refractivity (Wildman–Crippen MR) is 111 cm³/mol. The van der Waals surface area contributed by atoms with Gasteiger partial charge in [-0.05, 0) is 31.2 Å². The highest BCUT2D eigenvalue weighted by atomic mass is 35.5. The van der Waals surface area contributed by atoms with E-state index in [1.165, 1.54) is 0 Å². The van der Waals surface area contributed by atoms with Gasteiger partial charge in [0.1, 0.15) is 11.3 Å². The summed E-state index contributed by atoms with van der Waals surface area (Å²) in [5, 5.41) is 15.4. The Hall–Kier alpha value is -3.37. The van der Waals surface area contributed by atoms with E-state index in [0.717, 1.165) is 22.4 Å². The largest absolute Gasteiger partial charge is 0.478 e. The number of rotatable bonds is 4. The molecule has 1 aromatic heterocycles. The molecule has 0 aliphatic heterocycles. The molecular weight excluding hydrogens is 372 g/mol. The van der Waals surface area contributed by atoms with Gasteiger partial charge in [-0.1, -0.05) is 71.8 Å². The van der Waals surface area contributed by atoms with Crippen LogP contribution < -0.4 is 0 Å². The Morgan fingerprint density at radius 2 is 1.54 bits per heavy atom. The molecule has 4 aromatic rings. The van der Waals surface area contributed by atoms with Crippen molar-refractivity contribution in [2.75, 3.05) is 0 Å². The Balaban J connectivity index is 2.04. The zero-order valence-electron chi connectivity index (χ0n) is 15.1. The van der Waals surface area contributed by atoms with Crippen molar-refractivity contribution in [3.05, 3.63) is 95.0 Å². The van der Waals surface area contributed by atoms with Gasteiger partial charge < -0.3 is 5.11 Å². The van der Waals surface area contributed by atoms with E-state index in [1.807, 2.05) is 73.7 Å². The summed E-state index contributed by atoms with van der Waals surface area (Å²) < 4.78 is 1.67. The topological polar surface area (TPSA) is 55.1 Å². The Kier molecular flexibility index (Phi) is 4.72. The van der Waals surface area contributed by atoms with E-state index < -0.39 is 5.97 Å². The van der Waals surface area contributed by atoms with Gasteiger partial charge in [-0.25, -0.2) is 9.48 Å². The van der Waals surface area contributed by atoms with Crippen LogP contribution >= 0.6 is 11.6 Å². The van der Waals surface area contributed by atoms with Crippen LogP contribution in [0.4, 0.5) is 0 Å². The lowest BCUT2D eigenvalue weighted by atomic mass is 10.0. The van der Waals surface area contributed by atoms with Crippen LogP contribution in [0.1, 0.15) is 15.9 Å². The maximum absolute atomic E-state index is 12.3. The number of aromatic carboxylic acids is 1. The highest BCUT2D eigenvalue weighted by Gasteiger charge is 2.26. The second-order valence-corrected chi connectivity index (χ2v) is 6.93. The number of halogens is 1. The van der Waals surface area contributed by atoms with Gasteiger partial charge in [0.2, 0.25) is 0 Å². The van der Waals surface area contributed by atoms with Crippen molar-refractivity contribution < 1.29 is 9.90 Å². The van der Waals surface area contributed by atoms with E-state index in [9.17, 15) is 9.90 Å². The third-order valence-corrected chi connectivity index (χ3v) is 4.79. The normalized spacial score (nSPS) is 10.8. The fourth-order valence-corrected chi connectivity index (χ4v) is 3.29. The maximum atomic E-state index is 12.3. The van der Waals surface area contributed by atoms with Crippen molar-refractivity contribution in [1.82, 2.24) is 9.78 Å². The molecule has 0 unspecified atom stereocenters. The predicted octanol–water partition coefficient (Wildman–Crippen LogP) is 5.87. The molecule has 3 aromatic carbocycles. The van der Waals surface area contributed by atoms with Gasteiger partial charge in [-0.3, -0.25) is 0 Å². The number of hydrogen-bond acceptors (Lipinski definition) is 2. The molecule has 0 saturated carbocycles. The maximum Gasteiger partial charge on any atom is 0.340 e. The summed E-state index contributed by atoms with van der Waals surface area (Å²) in [7, 11) is 0. The van der Waals surface area contributed by atoms with Crippen LogP contribution in [0.5, 0.6) is 0 Å². The zero-order valence-corrected chi connectivity index (χ0v) is 15.9. The van der Waals surface area contributed by atoms with Crippen molar-refractivity contribution >= 4 is 17.6 Å². The SMILES string of the molecule is Cc1ccc(-c2nn(-c3ccc(Cl)cc3)c(-c3ccccc3)c2C(=O)O)cc1. The first kappa shape index (κ1) is 18.0. The summed E-state index contributed by atoms with van der Waals surface area (Å²) in [4.78, 5) is 12.3. The fraction of sp³-hybridized carbons (Fsp3) is 0.0435. The van der Waals surface area contributed by atoms with Gasteiger partial charge in [0.15, 0.2) is 0 Å². The third kappa shape index (κ3) is 3.30. The molecule has 0 spiro atoms. The minimum Gasteiger partial charge on any atom is -0.478 e. The molecule has 138 valence electrons. The average Bonchev–Trinajstić information content (AvgIpc) is 3.11. The van der Waals surface area contributed by atoms with E-state index in [0.29, 0.717) is 16.4 Å². The summed E-state index contributed by atoms with van der Waals surface area (Å²) in [5.41, 5.74) is 4.51. The molecule has 5 heteroatoms. The van der Waals surface area contributed by atoms with Crippen molar-refractivity contribution in [1.29, 1.82) is 0 Å². The smallest absolute Gasteiger partial charge is 0.340 e.